The molecule has 0 aliphatic carbocycles. The molecule has 0 saturated carbocycles. The molecule has 1 aliphatic heterocycles. The molecule has 9 heteroatoms. The van der Waals surface area contributed by atoms with Crippen molar-refractivity contribution < 1.29 is 32.2 Å². The lowest BCUT2D eigenvalue weighted by Crippen LogP contribution is -2.44. The lowest BCUT2D eigenvalue weighted by atomic mass is 10.1. The van der Waals surface area contributed by atoms with E-state index in [1.807, 2.05) is 24.3 Å². The summed E-state index contributed by atoms with van der Waals surface area (Å²) in [5.74, 6) is 0.572. The summed E-state index contributed by atoms with van der Waals surface area (Å²) in [6.07, 6.45) is 1.35. The molecule has 2 unspecified atom stereocenters. The Morgan fingerprint density at radius 2 is 1.48 bits per heavy atom. The minimum Gasteiger partial charge on any atom is -0.497 e. The molecule has 33 heavy (non-hydrogen) atoms. The summed E-state index contributed by atoms with van der Waals surface area (Å²) in [6, 6.07) is 14.3. The van der Waals surface area contributed by atoms with Gasteiger partial charge >= 0.3 is 5.97 Å². The molecule has 0 bridgehead atoms. The van der Waals surface area contributed by atoms with E-state index in [0.29, 0.717) is 18.1 Å². The first-order valence-electron chi connectivity index (χ1n) is 10.8. The largest absolute Gasteiger partial charge is 0.497 e. The Labute approximate surface area is 195 Å². The van der Waals surface area contributed by atoms with Crippen molar-refractivity contribution in [2.24, 2.45) is 0 Å². The van der Waals surface area contributed by atoms with Gasteiger partial charge in [0.05, 0.1) is 27.4 Å². The Hall–Kier alpha value is -2.62. The highest BCUT2D eigenvalue weighted by molar-refractivity contribution is 7.90. The first kappa shape index (κ1) is 25.0. The van der Waals surface area contributed by atoms with Crippen LogP contribution >= 0.6 is 0 Å². The van der Waals surface area contributed by atoms with Crippen molar-refractivity contribution in [1.82, 2.24) is 4.31 Å². The van der Waals surface area contributed by atoms with Crippen LogP contribution in [0.5, 0.6) is 11.5 Å². The number of methoxy groups -OCH3 is 3. The van der Waals surface area contributed by atoms with E-state index >= 15 is 0 Å². The van der Waals surface area contributed by atoms with Gasteiger partial charge in [-0.25, -0.2) is 8.42 Å². The minimum atomic E-state index is -4.07. The van der Waals surface area contributed by atoms with Crippen LogP contribution in [0.1, 0.15) is 30.4 Å². The summed E-state index contributed by atoms with van der Waals surface area (Å²) in [7, 11) is 0.274. The highest BCUT2D eigenvalue weighted by atomic mass is 32.2. The maximum Gasteiger partial charge on any atom is 0.325 e. The van der Waals surface area contributed by atoms with Crippen molar-refractivity contribution in [3.63, 3.8) is 0 Å². The molecule has 1 saturated heterocycles. The van der Waals surface area contributed by atoms with Gasteiger partial charge in [-0.1, -0.05) is 24.3 Å². The van der Waals surface area contributed by atoms with E-state index in [9.17, 15) is 13.2 Å². The number of hydrogen-bond acceptors (Lipinski definition) is 7. The smallest absolute Gasteiger partial charge is 0.325 e. The minimum absolute atomic E-state index is 0.0662. The number of esters is 1. The summed E-state index contributed by atoms with van der Waals surface area (Å²) in [5, 5.41) is -1.35. The lowest BCUT2D eigenvalue weighted by molar-refractivity contribution is -0.140. The first-order valence-corrected chi connectivity index (χ1v) is 12.3. The summed E-state index contributed by atoms with van der Waals surface area (Å²) in [5.41, 5.74) is 1.54. The molecule has 0 aromatic heterocycles. The number of hydrogen-bond donors (Lipinski definition) is 0. The van der Waals surface area contributed by atoms with E-state index in [-0.39, 0.29) is 25.6 Å². The normalized spacial score (nSPS) is 17.0. The van der Waals surface area contributed by atoms with E-state index in [1.54, 1.807) is 38.5 Å². The van der Waals surface area contributed by atoms with Gasteiger partial charge in [0.1, 0.15) is 11.5 Å². The molecular weight excluding hydrogens is 446 g/mol. The van der Waals surface area contributed by atoms with E-state index in [0.717, 1.165) is 24.0 Å². The third-order valence-corrected chi connectivity index (χ3v) is 7.80. The number of benzene rings is 2. The fourth-order valence-electron chi connectivity index (χ4n) is 3.82. The third-order valence-electron chi connectivity index (χ3n) is 5.72. The van der Waals surface area contributed by atoms with Crippen LogP contribution in [0.2, 0.25) is 0 Å². The summed E-state index contributed by atoms with van der Waals surface area (Å²) in [6.45, 7) is 0.759. The van der Waals surface area contributed by atoms with Gasteiger partial charge in [0.2, 0.25) is 10.0 Å². The zero-order chi connectivity index (χ0) is 23.8. The Morgan fingerprint density at radius 1 is 0.970 bits per heavy atom. The van der Waals surface area contributed by atoms with Crippen LogP contribution < -0.4 is 9.47 Å². The van der Waals surface area contributed by atoms with Crippen LogP contribution in [-0.2, 0) is 37.4 Å². The fraction of sp³-hybridized carbons (Fsp3) is 0.458. The van der Waals surface area contributed by atoms with E-state index in [2.05, 4.69) is 0 Å². The van der Waals surface area contributed by atoms with E-state index in [4.69, 9.17) is 18.9 Å². The number of nitrogens with zero attached hydrogens (tertiary/aromatic N) is 1. The number of ether oxygens (including phenoxy) is 4. The quantitative estimate of drug-likeness (QED) is 0.459. The van der Waals surface area contributed by atoms with Gasteiger partial charge in [-0.2, -0.15) is 4.31 Å². The molecule has 2 atom stereocenters. The standard InChI is InChI=1S/C24H31NO7S/c1-29-20-10-6-18(7-11-20)16-25(17-19-8-12-21(30-2)13-9-19)33(27,28)23(24(26)31-3)15-22-5-4-14-32-22/h6-13,22-23H,4-5,14-17H2,1-3H3. The van der Waals surface area contributed by atoms with Crippen LogP contribution in [-0.4, -0.2) is 58.0 Å². The predicted molar refractivity (Wildman–Crippen MR) is 124 cm³/mol. The van der Waals surface area contributed by atoms with Crippen molar-refractivity contribution in [2.45, 2.75) is 43.7 Å². The van der Waals surface area contributed by atoms with Gasteiger partial charge < -0.3 is 18.9 Å². The average molecular weight is 478 g/mol. The van der Waals surface area contributed by atoms with E-state index in [1.165, 1.54) is 11.4 Å². The Kier molecular flexibility index (Phi) is 8.71. The second kappa shape index (κ2) is 11.5. The zero-order valence-corrected chi connectivity index (χ0v) is 20.0. The van der Waals surface area contributed by atoms with Crippen LogP contribution in [0.4, 0.5) is 0 Å². The fourth-order valence-corrected chi connectivity index (χ4v) is 5.64. The second-order valence-electron chi connectivity index (χ2n) is 7.89. The van der Waals surface area contributed by atoms with Crippen molar-refractivity contribution in [1.29, 1.82) is 0 Å². The maximum atomic E-state index is 13.8. The Morgan fingerprint density at radius 3 is 1.88 bits per heavy atom. The monoisotopic (exact) mass is 477 g/mol. The Bertz CT molecular complexity index is 951. The summed E-state index contributed by atoms with van der Waals surface area (Å²) in [4.78, 5) is 12.6. The molecule has 1 aliphatic rings. The van der Waals surface area contributed by atoms with Gasteiger partial charge in [0.25, 0.3) is 0 Å². The zero-order valence-electron chi connectivity index (χ0n) is 19.2. The molecule has 0 amide bonds. The number of carbonyl (C=O) groups excluding carboxylic acids is 1. The van der Waals surface area contributed by atoms with Crippen molar-refractivity contribution in [2.75, 3.05) is 27.9 Å². The highest BCUT2D eigenvalue weighted by Gasteiger charge is 2.41. The van der Waals surface area contributed by atoms with Crippen LogP contribution in [0.15, 0.2) is 48.5 Å². The molecule has 8 nitrogen and oxygen atoms in total. The summed E-state index contributed by atoms with van der Waals surface area (Å²) < 4.78 is 49.8. The molecule has 0 N–H and O–H groups in total. The topological polar surface area (TPSA) is 91.4 Å². The average Bonchev–Trinajstić information content (AvgIpc) is 3.36. The third kappa shape index (κ3) is 6.46. The number of carbonyl (C=O) groups is 1. The number of rotatable bonds is 11. The highest BCUT2D eigenvalue weighted by Crippen LogP contribution is 2.26. The van der Waals surface area contributed by atoms with Crippen LogP contribution in [0.3, 0.4) is 0 Å². The van der Waals surface area contributed by atoms with Gasteiger partial charge in [-0.05, 0) is 48.2 Å². The van der Waals surface area contributed by atoms with Crippen molar-refractivity contribution in [3.8, 4) is 11.5 Å². The molecule has 0 spiro atoms. The van der Waals surface area contributed by atoms with Gasteiger partial charge in [0, 0.05) is 26.1 Å². The molecular formula is C24H31NO7S. The van der Waals surface area contributed by atoms with Gasteiger partial charge in [0.15, 0.2) is 5.25 Å². The van der Waals surface area contributed by atoms with Gasteiger partial charge in [-0.15, -0.1) is 0 Å². The predicted octanol–water partition coefficient (Wildman–Crippen LogP) is 3.15. The molecule has 0 radical (unpaired) electrons. The van der Waals surface area contributed by atoms with Crippen molar-refractivity contribution >= 4 is 16.0 Å². The second-order valence-corrected chi connectivity index (χ2v) is 10.0. The maximum absolute atomic E-state index is 13.8. The Balaban J connectivity index is 1.92. The van der Waals surface area contributed by atoms with Gasteiger partial charge in [-0.3, -0.25) is 4.79 Å². The molecule has 3 rings (SSSR count). The lowest BCUT2D eigenvalue weighted by Gasteiger charge is -2.28. The SMILES string of the molecule is COC(=O)C(CC1CCCO1)S(=O)(=O)N(Cc1ccc(OC)cc1)Cc1ccc(OC)cc1. The number of sulfonamides is 1. The van der Waals surface area contributed by atoms with E-state index < -0.39 is 21.2 Å². The molecule has 1 fully saturated rings. The molecule has 2 aromatic carbocycles. The van der Waals surface area contributed by atoms with Crippen LogP contribution in [0, 0.1) is 0 Å². The molecule has 1 heterocycles. The molecule has 2 aromatic rings. The van der Waals surface area contributed by atoms with Crippen LogP contribution in [0.25, 0.3) is 0 Å². The first-order chi connectivity index (χ1) is 15.9. The molecule has 180 valence electrons. The van der Waals surface area contributed by atoms with Crippen molar-refractivity contribution in [3.05, 3.63) is 59.7 Å². The summed E-state index contributed by atoms with van der Waals surface area (Å²) >= 11 is 0.